The molecule has 3 aromatic rings. The van der Waals surface area contributed by atoms with Crippen LogP contribution in [0.15, 0.2) is 59.7 Å². The molecule has 0 radical (unpaired) electrons. The Balaban J connectivity index is 1.85. The number of benzene rings is 2. The molecule has 0 bridgehead atoms. The van der Waals surface area contributed by atoms with E-state index in [4.69, 9.17) is 27.9 Å². The summed E-state index contributed by atoms with van der Waals surface area (Å²) in [5.74, 6) is 0.838. The van der Waals surface area contributed by atoms with E-state index in [1.807, 2.05) is 42.7 Å². The summed E-state index contributed by atoms with van der Waals surface area (Å²) in [5, 5.41) is 1.02. The van der Waals surface area contributed by atoms with Gasteiger partial charge in [-0.05, 0) is 55.5 Å². The molecule has 0 aliphatic rings. The molecule has 0 aliphatic carbocycles. The Kier molecular flexibility index (Phi) is 4.93. The van der Waals surface area contributed by atoms with Crippen molar-refractivity contribution in [3.8, 4) is 11.4 Å². The summed E-state index contributed by atoms with van der Waals surface area (Å²) in [4.78, 5) is 4.45. The van der Waals surface area contributed by atoms with Crippen molar-refractivity contribution in [2.45, 2.75) is 6.92 Å². The minimum atomic E-state index is 0.498. The van der Waals surface area contributed by atoms with Gasteiger partial charge in [-0.1, -0.05) is 23.2 Å². The smallest absolute Gasteiger partial charge is 0.119 e. The predicted octanol–water partition coefficient (Wildman–Crippen LogP) is 5.85. The first-order valence-corrected chi connectivity index (χ1v) is 8.15. The average Bonchev–Trinajstić information content (AvgIpc) is 2.97. The predicted molar refractivity (Wildman–Crippen MR) is 101 cm³/mol. The van der Waals surface area contributed by atoms with Crippen molar-refractivity contribution in [1.29, 1.82) is 0 Å². The Morgan fingerprint density at radius 3 is 2.42 bits per heavy atom. The van der Waals surface area contributed by atoms with Gasteiger partial charge in [-0.25, -0.2) is 0 Å². The minimum absolute atomic E-state index is 0.498. The molecule has 1 aromatic heterocycles. The summed E-state index contributed by atoms with van der Waals surface area (Å²) < 4.78 is 7.30. The van der Waals surface area contributed by atoms with Crippen molar-refractivity contribution in [3.63, 3.8) is 0 Å². The SMILES string of the molecule is COc1ccc(-n2cc(C=Nc3ccc(Cl)c(Cl)c3)cc2C)cc1. The number of aliphatic imine (C=N–C) groups is 1. The van der Waals surface area contributed by atoms with Crippen LogP contribution in [-0.4, -0.2) is 17.9 Å². The van der Waals surface area contributed by atoms with E-state index < -0.39 is 0 Å². The highest BCUT2D eigenvalue weighted by Crippen LogP contribution is 2.26. The van der Waals surface area contributed by atoms with E-state index in [9.17, 15) is 0 Å². The Hall–Kier alpha value is -2.23. The van der Waals surface area contributed by atoms with Crippen molar-refractivity contribution < 1.29 is 4.74 Å². The highest BCUT2D eigenvalue weighted by atomic mass is 35.5. The Morgan fingerprint density at radius 1 is 1.00 bits per heavy atom. The summed E-state index contributed by atoms with van der Waals surface area (Å²) in [5.41, 5.74) is 3.96. The van der Waals surface area contributed by atoms with Gasteiger partial charge in [-0.2, -0.15) is 0 Å². The maximum Gasteiger partial charge on any atom is 0.119 e. The number of halogens is 2. The van der Waals surface area contributed by atoms with Gasteiger partial charge in [0.25, 0.3) is 0 Å². The second kappa shape index (κ2) is 7.12. The number of ether oxygens (including phenoxy) is 1. The first kappa shape index (κ1) is 16.6. The van der Waals surface area contributed by atoms with Gasteiger partial charge in [-0.15, -0.1) is 0 Å². The lowest BCUT2D eigenvalue weighted by atomic mass is 10.3. The monoisotopic (exact) mass is 358 g/mol. The van der Waals surface area contributed by atoms with Gasteiger partial charge >= 0.3 is 0 Å². The summed E-state index contributed by atoms with van der Waals surface area (Å²) in [6.45, 7) is 2.06. The van der Waals surface area contributed by atoms with Gasteiger partial charge < -0.3 is 9.30 Å². The Morgan fingerprint density at radius 2 is 1.75 bits per heavy atom. The van der Waals surface area contributed by atoms with Gasteiger partial charge in [0.2, 0.25) is 0 Å². The number of aromatic nitrogens is 1. The molecule has 2 aromatic carbocycles. The molecule has 5 heteroatoms. The first-order chi connectivity index (χ1) is 11.6. The second-order valence-electron chi connectivity index (χ2n) is 5.34. The summed E-state index contributed by atoms with van der Waals surface area (Å²) in [7, 11) is 1.66. The quantitative estimate of drug-likeness (QED) is 0.537. The number of aryl methyl sites for hydroxylation is 1. The molecule has 122 valence electrons. The van der Waals surface area contributed by atoms with Gasteiger partial charge in [0.1, 0.15) is 5.75 Å². The van der Waals surface area contributed by atoms with E-state index >= 15 is 0 Å². The first-order valence-electron chi connectivity index (χ1n) is 7.39. The molecule has 0 atom stereocenters. The van der Waals surface area contributed by atoms with Crippen molar-refractivity contribution in [1.82, 2.24) is 4.57 Å². The zero-order valence-electron chi connectivity index (χ0n) is 13.3. The summed E-state index contributed by atoms with van der Waals surface area (Å²) >= 11 is 11.9. The minimum Gasteiger partial charge on any atom is -0.497 e. The van der Waals surface area contributed by atoms with E-state index in [1.165, 1.54) is 0 Å². The van der Waals surface area contributed by atoms with Gasteiger partial charge in [0.05, 0.1) is 22.8 Å². The lowest BCUT2D eigenvalue weighted by molar-refractivity contribution is 0.414. The van der Waals surface area contributed by atoms with Crippen molar-refractivity contribution in [2.75, 3.05) is 7.11 Å². The number of hydrogen-bond donors (Lipinski definition) is 0. The van der Waals surface area contributed by atoms with Crippen LogP contribution < -0.4 is 4.74 Å². The molecule has 0 N–H and O–H groups in total. The van der Waals surface area contributed by atoms with Crippen LogP contribution in [0.1, 0.15) is 11.3 Å². The number of rotatable bonds is 4. The Labute approximate surface area is 151 Å². The molecule has 0 saturated carbocycles. The van der Waals surface area contributed by atoms with Crippen LogP contribution in [0.4, 0.5) is 5.69 Å². The molecule has 0 unspecified atom stereocenters. The number of methoxy groups -OCH3 is 1. The van der Waals surface area contributed by atoms with Crippen molar-refractivity contribution >= 4 is 35.1 Å². The molecule has 0 amide bonds. The van der Waals surface area contributed by atoms with Crippen LogP contribution in [0.3, 0.4) is 0 Å². The zero-order chi connectivity index (χ0) is 17.1. The molecule has 3 nitrogen and oxygen atoms in total. The third-order valence-corrected chi connectivity index (χ3v) is 4.39. The average molecular weight is 359 g/mol. The number of nitrogens with zero attached hydrogens (tertiary/aromatic N) is 2. The van der Waals surface area contributed by atoms with E-state index in [0.717, 1.165) is 28.4 Å². The molecule has 0 spiro atoms. The Bertz CT molecular complexity index is 883. The third-order valence-electron chi connectivity index (χ3n) is 3.65. The highest BCUT2D eigenvalue weighted by Gasteiger charge is 2.04. The third kappa shape index (κ3) is 3.64. The fraction of sp³-hybridized carbons (Fsp3) is 0.105. The topological polar surface area (TPSA) is 26.5 Å². The molecular weight excluding hydrogens is 343 g/mol. The van der Waals surface area contributed by atoms with Crippen LogP contribution >= 0.6 is 23.2 Å². The lowest BCUT2D eigenvalue weighted by Crippen LogP contribution is -1.94. The molecule has 0 saturated heterocycles. The highest BCUT2D eigenvalue weighted by molar-refractivity contribution is 6.42. The maximum atomic E-state index is 6.01. The summed E-state index contributed by atoms with van der Waals surface area (Å²) in [6.07, 6.45) is 3.85. The largest absolute Gasteiger partial charge is 0.497 e. The van der Waals surface area contributed by atoms with E-state index in [-0.39, 0.29) is 0 Å². The lowest BCUT2D eigenvalue weighted by Gasteiger charge is -2.06. The maximum absolute atomic E-state index is 6.01. The molecular formula is C19H16Cl2N2O. The van der Waals surface area contributed by atoms with Crippen LogP contribution in [-0.2, 0) is 0 Å². The van der Waals surface area contributed by atoms with Crippen LogP contribution in [0, 0.1) is 6.92 Å². The molecule has 0 aliphatic heterocycles. The summed E-state index contributed by atoms with van der Waals surface area (Å²) in [6, 6.07) is 15.3. The van der Waals surface area contributed by atoms with E-state index in [0.29, 0.717) is 10.0 Å². The zero-order valence-corrected chi connectivity index (χ0v) is 14.8. The molecule has 1 heterocycles. The van der Waals surface area contributed by atoms with E-state index in [1.54, 1.807) is 19.2 Å². The molecule has 3 rings (SSSR count). The molecule has 0 fully saturated rings. The van der Waals surface area contributed by atoms with Gasteiger partial charge in [-0.3, -0.25) is 4.99 Å². The standard InChI is InChI=1S/C19H16Cl2N2O/c1-13-9-14(11-22-15-3-8-18(20)19(21)10-15)12-23(13)16-4-6-17(24-2)7-5-16/h3-12H,1-2H3. The van der Waals surface area contributed by atoms with Crippen LogP contribution in [0.5, 0.6) is 5.75 Å². The van der Waals surface area contributed by atoms with Crippen LogP contribution in [0.25, 0.3) is 5.69 Å². The molecule has 24 heavy (non-hydrogen) atoms. The van der Waals surface area contributed by atoms with Crippen molar-refractivity contribution in [3.05, 3.63) is 76.0 Å². The fourth-order valence-electron chi connectivity index (χ4n) is 2.40. The fourth-order valence-corrected chi connectivity index (χ4v) is 2.70. The van der Waals surface area contributed by atoms with Crippen molar-refractivity contribution in [2.24, 2.45) is 4.99 Å². The normalized spacial score (nSPS) is 11.2. The number of hydrogen-bond acceptors (Lipinski definition) is 2. The second-order valence-corrected chi connectivity index (χ2v) is 6.15. The van der Waals surface area contributed by atoms with E-state index in [2.05, 4.69) is 22.5 Å². The van der Waals surface area contributed by atoms with Crippen LogP contribution in [0.2, 0.25) is 10.0 Å². The van der Waals surface area contributed by atoms with Gasteiger partial charge in [0.15, 0.2) is 0 Å². The van der Waals surface area contributed by atoms with Gasteiger partial charge in [0, 0.05) is 29.4 Å².